The molecule has 1 amide bonds. The van der Waals surface area contributed by atoms with Crippen molar-refractivity contribution in [3.63, 3.8) is 0 Å². The monoisotopic (exact) mass is 488 g/mol. The van der Waals surface area contributed by atoms with Crippen LogP contribution in [0.4, 0.5) is 0 Å². The molecule has 1 heterocycles. The van der Waals surface area contributed by atoms with E-state index in [1.165, 1.54) is 4.88 Å². The number of carbonyl (C=O) groups is 1. The first-order valence-electron chi connectivity index (χ1n) is 9.81. The SMILES string of the molecule is CCCc1sc(=NC(=O)c2cc(OC)cc(OC)c2)n(CC)c1-c1ccc(Br)cc1. The number of rotatable bonds is 7. The lowest BCUT2D eigenvalue weighted by Gasteiger charge is -2.09. The molecule has 2 aromatic carbocycles. The first-order chi connectivity index (χ1) is 14.5. The Hall–Kier alpha value is -2.38. The normalized spacial score (nSPS) is 11.6. The van der Waals surface area contributed by atoms with Crippen molar-refractivity contribution in [1.29, 1.82) is 0 Å². The highest BCUT2D eigenvalue weighted by atomic mass is 79.9. The maximum atomic E-state index is 13.0. The standard InChI is InChI=1S/C23H25BrN2O3S/c1-5-7-20-21(15-8-10-17(24)11-9-15)26(6-2)23(30-20)25-22(27)16-12-18(28-3)14-19(13-16)29-4/h8-14H,5-7H2,1-4H3. The number of benzene rings is 2. The number of carbonyl (C=O) groups excluding carboxylic acids is 1. The molecule has 5 nitrogen and oxygen atoms in total. The molecule has 0 atom stereocenters. The van der Waals surface area contributed by atoms with Crippen LogP contribution in [0.25, 0.3) is 11.3 Å². The van der Waals surface area contributed by atoms with Crippen LogP contribution >= 0.6 is 27.3 Å². The molecule has 30 heavy (non-hydrogen) atoms. The van der Waals surface area contributed by atoms with Crippen molar-refractivity contribution in [2.45, 2.75) is 33.2 Å². The van der Waals surface area contributed by atoms with Crippen LogP contribution in [-0.4, -0.2) is 24.7 Å². The summed E-state index contributed by atoms with van der Waals surface area (Å²) in [6.45, 7) is 4.95. The number of amides is 1. The second kappa shape index (κ2) is 10.1. The maximum Gasteiger partial charge on any atom is 0.279 e. The van der Waals surface area contributed by atoms with E-state index in [1.807, 2.05) is 12.1 Å². The number of aromatic nitrogens is 1. The molecular formula is C23H25BrN2O3S. The Kier molecular flexibility index (Phi) is 7.50. The molecule has 0 aliphatic carbocycles. The summed E-state index contributed by atoms with van der Waals surface area (Å²) < 4.78 is 13.7. The Morgan fingerprint density at radius 3 is 2.23 bits per heavy atom. The molecule has 158 valence electrons. The van der Waals surface area contributed by atoms with Gasteiger partial charge in [-0.15, -0.1) is 11.3 Å². The second-order valence-electron chi connectivity index (χ2n) is 6.68. The number of methoxy groups -OCH3 is 2. The molecule has 0 aliphatic rings. The van der Waals surface area contributed by atoms with Crippen molar-refractivity contribution in [1.82, 2.24) is 4.57 Å². The molecule has 0 radical (unpaired) electrons. The first-order valence-corrected chi connectivity index (χ1v) is 11.4. The van der Waals surface area contributed by atoms with Gasteiger partial charge in [0.2, 0.25) is 0 Å². The average molecular weight is 489 g/mol. The number of hydrogen-bond donors (Lipinski definition) is 0. The molecule has 0 aliphatic heterocycles. The quantitative estimate of drug-likeness (QED) is 0.427. The van der Waals surface area contributed by atoms with Gasteiger partial charge < -0.3 is 14.0 Å². The molecule has 0 saturated carbocycles. The minimum absolute atomic E-state index is 0.318. The van der Waals surface area contributed by atoms with E-state index in [1.54, 1.807) is 43.8 Å². The van der Waals surface area contributed by atoms with Gasteiger partial charge in [0.1, 0.15) is 11.5 Å². The van der Waals surface area contributed by atoms with Crippen molar-refractivity contribution in [3.8, 4) is 22.8 Å². The Morgan fingerprint density at radius 2 is 1.70 bits per heavy atom. The van der Waals surface area contributed by atoms with Crippen LogP contribution in [-0.2, 0) is 13.0 Å². The van der Waals surface area contributed by atoms with E-state index in [-0.39, 0.29) is 5.91 Å². The third kappa shape index (κ3) is 4.84. The third-order valence-electron chi connectivity index (χ3n) is 4.69. The number of ether oxygens (including phenoxy) is 2. The molecule has 3 rings (SSSR count). The maximum absolute atomic E-state index is 13.0. The van der Waals surface area contributed by atoms with Gasteiger partial charge >= 0.3 is 0 Å². The van der Waals surface area contributed by atoms with Gasteiger partial charge in [0, 0.05) is 27.5 Å². The minimum atomic E-state index is -0.318. The number of halogens is 1. The van der Waals surface area contributed by atoms with E-state index in [9.17, 15) is 4.79 Å². The van der Waals surface area contributed by atoms with E-state index in [4.69, 9.17) is 9.47 Å². The van der Waals surface area contributed by atoms with Gasteiger partial charge in [-0.3, -0.25) is 4.79 Å². The summed E-state index contributed by atoms with van der Waals surface area (Å²) >= 11 is 5.08. The number of aryl methyl sites for hydroxylation is 1. The van der Waals surface area contributed by atoms with E-state index in [0.717, 1.165) is 35.1 Å². The van der Waals surface area contributed by atoms with Gasteiger partial charge in [-0.1, -0.05) is 41.4 Å². The largest absolute Gasteiger partial charge is 0.497 e. The predicted octanol–water partition coefficient (Wildman–Crippen LogP) is 5.71. The zero-order chi connectivity index (χ0) is 21.7. The van der Waals surface area contributed by atoms with Crippen molar-refractivity contribution in [2.24, 2.45) is 4.99 Å². The van der Waals surface area contributed by atoms with Crippen molar-refractivity contribution < 1.29 is 14.3 Å². The van der Waals surface area contributed by atoms with Crippen molar-refractivity contribution >= 4 is 33.2 Å². The molecule has 0 bridgehead atoms. The Bertz CT molecular complexity index is 1080. The lowest BCUT2D eigenvalue weighted by molar-refractivity contribution is 0.0997. The summed E-state index contributed by atoms with van der Waals surface area (Å²) in [5.74, 6) is 0.801. The summed E-state index contributed by atoms with van der Waals surface area (Å²) in [6.07, 6.45) is 1.96. The summed E-state index contributed by atoms with van der Waals surface area (Å²) in [7, 11) is 3.12. The molecule has 0 saturated heterocycles. The van der Waals surface area contributed by atoms with E-state index in [2.05, 4.69) is 51.5 Å². The second-order valence-corrected chi connectivity index (χ2v) is 8.65. The first kappa shape index (κ1) is 22.3. The highest BCUT2D eigenvalue weighted by molar-refractivity contribution is 9.10. The van der Waals surface area contributed by atoms with Crippen molar-refractivity contribution in [2.75, 3.05) is 14.2 Å². The summed E-state index contributed by atoms with van der Waals surface area (Å²) in [4.78, 5) is 19.4. The minimum Gasteiger partial charge on any atom is -0.497 e. The van der Waals surface area contributed by atoms with Crippen LogP contribution in [0.5, 0.6) is 11.5 Å². The van der Waals surface area contributed by atoms with Gasteiger partial charge in [0.25, 0.3) is 5.91 Å². The highest BCUT2D eigenvalue weighted by Crippen LogP contribution is 2.29. The summed E-state index contributed by atoms with van der Waals surface area (Å²) in [5.41, 5.74) is 2.69. The van der Waals surface area contributed by atoms with Crippen LogP contribution < -0.4 is 14.3 Å². The molecule has 0 unspecified atom stereocenters. The van der Waals surface area contributed by atoms with Gasteiger partial charge in [-0.25, -0.2) is 0 Å². The topological polar surface area (TPSA) is 52.8 Å². The predicted molar refractivity (Wildman–Crippen MR) is 125 cm³/mol. The summed E-state index contributed by atoms with van der Waals surface area (Å²) in [5, 5.41) is 0. The Balaban J connectivity index is 2.13. The van der Waals surface area contributed by atoms with E-state index < -0.39 is 0 Å². The van der Waals surface area contributed by atoms with Gasteiger partial charge in [-0.05, 0) is 43.2 Å². The molecular weight excluding hydrogens is 464 g/mol. The van der Waals surface area contributed by atoms with Crippen LogP contribution in [0, 0.1) is 0 Å². The Labute approximate surface area is 189 Å². The van der Waals surface area contributed by atoms with Crippen LogP contribution in [0.2, 0.25) is 0 Å². The molecule has 0 spiro atoms. The highest BCUT2D eigenvalue weighted by Gasteiger charge is 2.16. The number of hydrogen-bond acceptors (Lipinski definition) is 4. The van der Waals surface area contributed by atoms with E-state index >= 15 is 0 Å². The van der Waals surface area contributed by atoms with Crippen LogP contribution in [0.1, 0.15) is 35.5 Å². The fourth-order valence-corrected chi connectivity index (χ4v) is 4.81. The lowest BCUT2D eigenvalue weighted by atomic mass is 10.1. The zero-order valence-electron chi connectivity index (χ0n) is 17.6. The molecule has 0 fully saturated rings. The number of thiazole rings is 1. The van der Waals surface area contributed by atoms with Gasteiger partial charge in [-0.2, -0.15) is 4.99 Å². The van der Waals surface area contributed by atoms with Gasteiger partial charge in [0.05, 0.1) is 19.9 Å². The van der Waals surface area contributed by atoms with Crippen LogP contribution in [0.3, 0.4) is 0 Å². The zero-order valence-corrected chi connectivity index (χ0v) is 20.0. The molecule has 7 heteroatoms. The van der Waals surface area contributed by atoms with Crippen molar-refractivity contribution in [3.05, 3.63) is 62.2 Å². The smallest absolute Gasteiger partial charge is 0.279 e. The molecule has 3 aromatic rings. The molecule has 0 N–H and O–H groups in total. The van der Waals surface area contributed by atoms with Crippen LogP contribution in [0.15, 0.2) is 51.9 Å². The summed E-state index contributed by atoms with van der Waals surface area (Å²) in [6, 6.07) is 13.4. The fraction of sp³-hybridized carbons (Fsp3) is 0.304. The molecule has 1 aromatic heterocycles. The van der Waals surface area contributed by atoms with Gasteiger partial charge in [0.15, 0.2) is 4.80 Å². The number of nitrogens with zero attached hydrogens (tertiary/aromatic N) is 2. The lowest BCUT2D eigenvalue weighted by Crippen LogP contribution is -2.17. The third-order valence-corrected chi connectivity index (χ3v) is 6.35. The average Bonchev–Trinajstić information content (AvgIpc) is 3.10. The Morgan fingerprint density at radius 1 is 1.07 bits per heavy atom. The fourth-order valence-electron chi connectivity index (χ4n) is 3.24. The van der Waals surface area contributed by atoms with E-state index in [0.29, 0.717) is 21.9 Å².